The molecule has 0 spiro atoms. The number of nitrogens with zero attached hydrogens (tertiary/aromatic N) is 1. The van der Waals surface area contributed by atoms with Crippen LogP contribution in [0.1, 0.15) is 0 Å². The van der Waals surface area contributed by atoms with Crippen molar-refractivity contribution in [3.63, 3.8) is 0 Å². The molecule has 0 unspecified atom stereocenters. The van der Waals surface area contributed by atoms with Crippen molar-refractivity contribution in [3.8, 4) is 22.8 Å². The Labute approximate surface area is 179 Å². The summed E-state index contributed by atoms with van der Waals surface area (Å²) in [5, 5.41) is 6.56. The minimum atomic E-state index is 0. The maximum absolute atomic E-state index is 6.13. The third kappa shape index (κ3) is 4.78. The molecule has 3 aromatic rings. The van der Waals surface area contributed by atoms with E-state index in [1.807, 2.05) is 5.38 Å². The predicted molar refractivity (Wildman–Crippen MR) is 118 cm³/mol. The quantitative estimate of drug-likeness (QED) is 0.371. The lowest BCUT2D eigenvalue weighted by Crippen LogP contribution is -1.96. The molecule has 0 fully saturated rings. The molecule has 1 heterocycles. The van der Waals surface area contributed by atoms with Crippen molar-refractivity contribution in [2.24, 2.45) is 0 Å². The molecule has 1 aromatic heterocycles. The van der Waals surface area contributed by atoms with E-state index >= 15 is 0 Å². The summed E-state index contributed by atoms with van der Waals surface area (Å²) in [4.78, 5) is 4.63. The molecule has 0 radical (unpaired) electrons. The van der Waals surface area contributed by atoms with Gasteiger partial charge in [-0.25, -0.2) is 4.98 Å². The summed E-state index contributed by atoms with van der Waals surface area (Å²) in [5.74, 6) is 1.21. The zero-order valence-electron chi connectivity index (χ0n) is 13.4. The van der Waals surface area contributed by atoms with Crippen molar-refractivity contribution in [1.82, 2.24) is 4.98 Å². The minimum absolute atomic E-state index is 0. The highest BCUT2D eigenvalue weighted by Crippen LogP contribution is 2.38. The molecule has 0 aliphatic heterocycles. The highest BCUT2D eigenvalue weighted by Gasteiger charge is 2.12. The van der Waals surface area contributed by atoms with Gasteiger partial charge in [0.1, 0.15) is 11.5 Å². The second-order valence-corrected chi connectivity index (χ2v) is 7.37. The van der Waals surface area contributed by atoms with Crippen LogP contribution in [0.4, 0.5) is 10.8 Å². The Bertz CT molecular complexity index is 858. The van der Waals surface area contributed by atoms with Crippen molar-refractivity contribution in [2.45, 2.75) is 0 Å². The largest absolute Gasteiger partial charge is 0.495 e. The molecule has 0 atom stereocenters. The van der Waals surface area contributed by atoms with E-state index in [1.54, 1.807) is 26.4 Å². The number of benzene rings is 2. The fourth-order valence-electron chi connectivity index (χ4n) is 2.16. The molecule has 0 aliphatic carbocycles. The van der Waals surface area contributed by atoms with E-state index in [4.69, 9.17) is 21.1 Å². The smallest absolute Gasteiger partial charge is 0.187 e. The Balaban J connectivity index is 0.00000225. The molecule has 1 N–H and O–H groups in total. The fourth-order valence-corrected chi connectivity index (χ4v) is 3.48. The zero-order valence-corrected chi connectivity index (χ0v) is 18.8. The van der Waals surface area contributed by atoms with Crippen molar-refractivity contribution in [1.29, 1.82) is 0 Å². The topological polar surface area (TPSA) is 43.4 Å². The van der Waals surface area contributed by atoms with Gasteiger partial charge in [-0.15, -0.1) is 28.3 Å². The molecule has 132 valence electrons. The SMILES string of the molecule is Br.COc1cc(Nc2nc(-c3ccc(I)cc3)cs2)c(OC)cc1Cl. The van der Waals surface area contributed by atoms with Gasteiger partial charge in [0.05, 0.1) is 30.6 Å². The van der Waals surface area contributed by atoms with Gasteiger partial charge in [0, 0.05) is 26.6 Å². The lowest BCUT2D eigenvalue weighted by molar-refractivity contribution is 0.405. The highest BCUT2D eigenvalue weighted by molar-refractivity contribution is 14.1. The van der Waals surface area contributed by atoms with Crippen LogP contribution in [-0.2, 0) is 0 Å². The van der Waals surface area contributed by atoms with E-state index in [0.717, 1.165) is 22.1 Å². The van der Waals surface area contributed by atoms with Gasteiger partial charge in [0.2, 0.25) is 0 Å². The van der Waals surface area contributed by atoms with Crippen LogP contribution in [0, 0.1) is 3.57 Å². The van der Waals surface area contributed by atoms with Crippen molar-refractivity contribution >= 4 is 73.3 Å². The van der Waals surface area contributed by atoms with E-state index in [-0.39, 0.29) is 17.0 Å². The summed E-state index contributed by atoms with van der Waals surface area (Å²) in [6.45, 7) is 0. The lowest BCUT2D eigenvalue weighted by atomic mass is 10.2. The van der Waals surface area contributed by atoms with Gasteiger partial charge >= 0.3 is 0 Å². The Morgan fingerprint density at radius 2 is 1.76 bits per heavy atom. The van der Waals surface area contributed by atoms with Gasteiger partial charge < -0.3 is 14.8 Å². The maximum atomic E-state index is 6.13. The molecule has 3 rings (SSSR count). The number of rotatable bonds is 5. The summed E-state index contributed by atoms with van der Waals surface area (Å²) in [6.07, 6.45) is 0. The number of aromatic nitrogens is 1. The van der Waals surface area contributed by atoms with E-state index < -0.39 is 0 Å². The van der Waals surface area contributed by atoms with Gasteiger partial charge in [-0.05, 0) is 34.7 Å². The molecule has 25 heavy (non-hydrogen) atoms. The van der Waals surface area contributed by atoms with Crippen LogP contribution < -0.4 is 14.8 Å². The molecular weight excluding hydrogens is 539 g/mol. The Kier molecular flexibility index (Phi) is 7.36. The van der Waals surface area contributed by atoms with Crippen LogP contribution in [0.5, 0.6) is 11.5 Å². The van der Waals surface area contributed by atoms with Crippen molar-refractivity contribution in [3.05, 3.63) is 50.4 Å². The molecule has 8 heteroatoms. The number of ether oxygens (including phenoxy) is 2. The zero-order chi connectivity index (χ0) is 17.1. The van der Waals surface area contributed by atoms with Gasteiger partial charge in [0.25, 0.3) is 0 Å². The van der Waals surface area contributed by atoms with Gasteiger partial charge in [-0.3, -0.25) is 0 Å². The van der Waals surface area contributed by atoms with Crippen LogP contribution in [0.3, 0.4) is 0 Å². The van der Waals surface area contributed by atoms with Crippen LogP contribution >= 0.6 is 62.5 Å². The number of thiazole rings is 1. The summed E-state index contributed by atoms with van der Waals surface area (Å²) < 4.78 is 11.8. The number of methoxy groups -OCH3 is 2. The Morgan fingerprint density at radius 3 is 2.40 bits per heavy atom. The van der Waals surface area contributed by atoms with E-state index in [0.29, 0.717) is 16.5 Å². The summed E-state index contributed by atoms with van der Waals surface area (Å²) in [6, 6.07) is 11.8. The molecule has 2 aromatic carbocycles. The number of hydrogen-bond acceptors (Lipinski definition) is 5. The van der Waals surface area contributed by atoms with Crippen LogP contribution in [-0.4, -0.2) is 19.2 Å². The first-order valence-electron chi connectivity index (χ1n) is 7.00. The second-order valence-electron chi connectivity index (χ2n) is 4.86. The Hall–Kier alpha value is -1.03. The first-order valence-corrected chi connectivity index (χ1v) is 9.34. The van der Waals surface area contributed by atoms with Crippen molar-refractivity contribution < 1.29 is 9.47 Å². The lowest BCUT2D eigenvalue weighted by Gasteiger charge is -2.12. The molecule has 0 saturated heterocycles. The van der Waals surface area contributed by atoms with Crippen LogP contribution in [0.2, 0.25) is 5.02 Å². The van der Waals surface area contributed by atoms with E-state index in [1.165, 1.54) is 14.9 Å². The maximum Gasteiger partial charge on any atom is 0.187 e. The van der Waals surface area contributed by atoms with Gasteiger partial charge in [-0.1, -0.05) is 23.7 Å². The Morgan fingerprint density at radius 1 is 1.08 bits per heavy atom. The van der Waals surface area contributed by atoms with E-state index in [2.05, 4.69) is 57.2 Å². The average Bonchev–Trinajstić information content (AvgIpc) is 3.05. The molecule has 0 amide bonds. The first-order chi connectivity index (χ1) is 11.6. The van der Waals surface area contributed by atoms with Crippen LogP contribution in [0.25, 0.3) is 11.3 Å². The molecule has 0 saturated carbocycles. The van der Waals surface area contributed by atoms with Gasteiger partial charge in [-0.2, -0.15) is 0 Å². The second kappa shape index (κ2) is 9.07. The predicted octanol–water partition coefficient (Wildman–Crippen LogP) is 6.41. The summed E-state index contributed by atoms with van der Waals surface area (Å²) in [5.41, 5.74) is 2.77. The fraction of sp³-hybridized carbons (Fsp3) is 0.118. The average molecular weight is 554 g/mol. The normalized spacial score (nSPS) is 10.1. The van der Waals surface area contributed by atoms with Gasteiger partial charge in [0.15, 0.2) is 5.13 Å². The number of hydrogen-bond donors (Lipinski definition) is 1. The number of halogens is 3. The molecule has 0 aliphatic rings. The standard InChI is InChI=1S/C17H14ClIN2O2S.BrH/c1-22-15-8-13(16(23-2)7-12(15)18)20-17-21-14(9-24-17)10-3-5-11(19)6-4-10;/h3-9H,1-2H3,(H,20,21);1H. The summed E-state index contributed by atoms with van der Waals surface area (Å²) in [7, 11) is 3.18. The van der Waals surface area contributed by atoms with Crippen LogP contribution in [0.15, 0.2) is 41.8 Å². The minimum Gasteiger partial charge on any atom is -0.495 e. The summed E-state index contributed by atoms with van der Waals surface area (Å²) >= 11 is 9.95. The molecule has 0 bridgehead atoms. The molecule has 4 nitrogen and oxygen atoms in total. The third-order valence-electron chi connectivity index (χ3n) is 3.36. The first kappa shape index (κ1) is 20.3. The monoisotopic (exact) mass is 552 g/mol. The van der Waals surface area contributed by atoms with E-state index in [9.17, 15) is 0 Å². The number of nitrogens with one attached hydrogen (secondary N) is 1. The molecular formula is C17H15BrClIN2O2S. The van der Waals surface area contributed by atoms with Crippen molar-refractivity contribution in [2.75, 3.05) is 19.5 Å². The highest BCUT2D eigenvalue weighted by atomic mass is 127. The third-order valence-corrected chi connectivity index (χ3v) is 5.13. The number of anilines is 2.